The number of carbonyl (C=O) groups excluding carboxylic acids is 1. The van der Waals surface area contributed by atoms with Crippen LogP contribution in [-0.2, 0) is 0 Å². The molecular weight excluding hydrogens is 298 g/mol. The predicted octanol–water partition coefficient (Wildman–Crippen LogP) is 3.60. The van der Waals surface area contributed by atoms with E-state index in [1.54, 1.807) is 0 Å². The number of H-pyrrole nitrogens is 1. The Morgan fingerprint density at radius 2 is 1.95 bits per heavy atom. The second-order valence-electron chi connectivity index (χ2n) is 6.15. The highest BCUT2D eigenvalue weighted by atomic mass is 35.5. The highest BCUT2D eigenvalue weighted by Gasteiger charge is 2.22. The number of benzene rings is 1. The Bertz CT molecular complexity index is 667. The monoisotopic (exact) mass is 319 g/mol. The van der Waals surface area contributed by atoms with Crippen LogP contribution in [0.25, 0.3) is 10.9 Å². The molecule has 0 bridgehead atoms. The van der Waals surface area contributed by atoms with Crippen molar-refractivity contribution in [1.29, 1.82) is 0 Å². The van der Waals surface area contributed by atoms with Gasteiger partial charge in [-0.3, -0.25) is 4.79 Å². The van der Waals surface area contributed by atoms with E-state index in [9.17, 15) is 4.79 Å². The van der Waals surface area contributed by atoms with Crippen molar-refractivity contribution in [2.75, 3.05) is 0 Å². The molecule has 1 aromatic heterocycles. The number of aromatic amines is 1. The highest BCUT2D eigenvalue weighted by Crippen LogP contribution is 2.21. The number of carbonyl (C=O) groups is 1. The van der Waals surface area contributed by atoms with Gasteiger partial charge in [-0.15, -0.1) is 0 Å². The van der Waals surface area contributed by atoms with Crippen LogP contribution in [0.1, 0.15) is 49.0 Å². The van der Waals surface area contributed by atoms with Gasteiger partial charge in [0, 0.05) is 28.0 Å². The van der Waals surface area contributed by atoms with E-state index in [4.69, 9.17) is 17.3 Å². The van der Waals surface area contributed by atoms with Crippen molar-refractivity contribution in [1.82, 2.24) is 10.3 Å². The number of halogens is 1. The number of hydrogen-bond donors (Lipinski definition) is 3. The molecule has 1 aliphatic rings. The first-order chi connectivity index (χ1) is 10.6. The Kier molecular flexibility index (Phi) is 4.69. The molecule has 2 atom stereocenters. The normalized spacial score (nSPS) is 23.0. The van der Waals surface area contributed by atoms with Crippen LogP contribution in [0.3, 0.4) is 0 Å². The quantitative estimate of drug-likeness (QED) is 0.791. The topological polar surface area (TPSA) is 70.9 Å². The lowest BCUT2D eigenvalue weighted by Gasteiger charge is -2.27. The van der Waals surface area contributed by atoms with Crippen molar-refractivity contribution in [3.8, 4) is 0 Å². The Balaban J connectivity index is 1.74. The second-order valence-corrected chi connectivity index (χ2v) is 6.59. The molecule has 1 aromatic carbocycles. The van der Waals surface area contributed by atoms with E-state index >= 15 is 0 Å². The second kappa shape index (κ2) is 6.71. The lowest BCUT2D eigenvalue weighted by molar-refractivity contribution is 0.0920. The van der Waals surface area contributed by atoms with Crippen LogP contribution < -0.4 is 11.1 Å². The third-order valence-electron chi connectivity index (χ3n) is 4.46. The summed E-state index contributed by atoms with van der Waals surface area (Å²) in [6, 6.07) is 7.49. The van der Waals surface area contributed by atoms with E-state index in [1.807, 2.05) is 24.3 Å². The molecular formula is C17H22ClN3O. The molecule has 0 unspecified atom stereocenters. The number of nitrogens with one attached hydrogen (secondary N) is 2. The van der Waals surface area contributed by atoms with Gasteiger partial charge in [-0.05, 0) is 37.1 Å². The van der Waals surface area contributed by atoms with Gasteiger partial charge in [0.1, 0.15) is 5.69 Å². The molecule has 1 fully saturated rings. The Morgan fingerprint density at radius 3 is 2.77 bits per heavy atom. The standard InChI is InChI=1S/C17H22ClN3O/c18-12-7-8-14-11(9-12)10-16(20-14)17(22)21-15-6-4-2-1-3-5-13(15)19/h7-10,13,15,20H,1-6,19H2,(H,21,22)/t13-,15+/m0/s1. The predicted molar refractivity (Wildman–Crippen MR) is 90.2 cm³/mol. The minimum atomic E-state index is -0.0895. The van der Waals surface area contributed by atoms with Crippen LogP contribution in [0, 0.1) is 0 Å². The molecule has 0 saturated heterocycles. The Hall–Kier alpha value is -1.52. The SMILES string of the molecule is N[C@H]1CCCCCC[C@H]1NC(=O)c1cc2cc(Cl)ccc2[nH]1. The average molecular weight is 320 g/mol. The molecule has 1 amide bonds. The molecule has 1 heterocycles. The van der Waals surface area contributed by atoms with Gasteiger partial charge in [-0.25, -0.2) is 0 Å². The number of hydrogen-bond acceptors (Lipinski definition) is 2. The van der Waals surface area contributed by atoms with Crippen molar-refractivity contribution in [3.05, 3.63) is 35.0 Å². The van der Waals surface area contributed by atoms with Crippen molar-refractivity contribution >= 4 is 28.4 Å². The molecule has 4 nitrogen and oxygen atoms in total. The summed E-state index contributed by atoms with van der Waals surface area (Å²) in [6.07, 6.45) is 6.69. The van der Waals surface area contributed by atoms with Gasteiger partial charge in [0.2, 0.25) is 0 Å². The molecule has 0 spiro atoms. The fraction of sp³-hybridized carbons (Fsp3) is 0.471. The molecule has 1 aliphatic carbocycles. The third-order valence-corrected chi connectivity index (χ3v) is 4.70. The zero-order valence-corrected chi connectivity index (χ0v) is 13.3. The summed E-state index contributed by atoms with van der Waals surface area (Å²) in [6.45, 7) is 0. The van der Waals surface area contributed by atoms with Crippen LogP contribution >= 0.6 is 11.6 Å². The van der Waals surface area contributed by atoms with E-state index in [1.165, 1.54) is 12.8 Å². The van der Waals surface area contributed by atoms with Gasteiger partial charge >= 0.3 is 0 Å². The summed E-state index contributed by atoms with van der Waals surface area (Å²) >= 11 is 5.98. The van der Waals surface area contributed by atoms with Crippen LogP contribution in [-0.4, -0.2) is 23.0 Å². The number of nitrogens with two attached hydrogens (primary N) is 1. The van der Waals surface area contributed by atoms with E-state index in [-0.39, 0.29) is 18.0 Å². The fourth-order valence-electron chi connectivity index (χ4n) is 3.16. The molecule has 2 aromatic rings. The van der Waals surface area contributed by atoms with Gasteiger partial charge in [-0.2, -0.15) is 0 Å². The molecule has 0 radical (unpaired) electrons. The van der Waals surface area contributed by atoms with Gasteiger partial charge in [-0.1, -0.05) is 37.3 Å². The minimum Gasteiger partial charge on any atom is -0.351 e. The lowest BCUT2D eigenvalue weighted by Crippen LogP contribution is -2.48. The summed E-state index contributed by atoms with van der Waals surface area (Å²) in [5, 5.41) is 4.71. The number of amides is 1. The van der Waals surface area contributed by atoms with E-state index in [0.717, 1.165) is 36.6 Å². The van der Waals surface area contributed by atoms with E-state index in [0.29, 0.717) is 10.7 Å². The molecule has 1 saturated carbocycles. The van der Waals surface area contributed by atoms with E-state index < -0.39 is 0 Å². The van der Waals surface area contributed by atoms with E-state index in [2.05, 4.69) is 10.3 Å². The molecule has 5 heteroatoms. The maximum absolute atomic E-state index is 12.5. The number of fused-ring (bicyclic) bond motifs is 1. The summed E-state index contributed by atoms with van der Waals surface area (Å²) in [7, 11) is 0. The zero-order valence-electron chi connectivity index (χ0n) is 12.6. The minimum absolute atomic E-state index is 0.0445. The summed E-state index contributed by atoms with van der Waals surface area (Å²) in [4.78, 5) is 15.6. The van der Waals surface area contributed by atoms with Crippen LogP contribution in [0.15, 0.2) is 24.3 Å². The summed E-state index contributed by atoms with van der Waals surface area (Å²) < 4.78 is 0. The first kappa shape index (κ1) is 15.4. The molecule has 22 heavy (non-hydrogen) atoms. The van der Waals surface area contributed by atoms with Crippen LogP contribution in [0.4, 0.5) is 0 Å². The summed E-state index contributed by atoms with van der Waals surface area (Å²) in [5.74, 6) is -0.0895. The van der Waals surface area contributed by atoms with Crippen LogP contribution in [0.2, 0.25) is 5.02 Å². The number of aromatic nitrogens is 1. The maximum Gasteiger partial charge on any atom is 0.268 e. The largest absolute Gasteiger partial charge is 0.351 e. The first-order valence-electron chi connectivity index (χ1n) is 7.98. The van der Waals surface area contributed by atoms with Gasteiger partial charge in [0.15, 0.2) is 0 Å². The summed E-state index contributed by atoms with van der Waals surface area (Å²) in [5.41, 5.74) is 7.70. The molecule has 118 valence electrons. The van der Waals surface area contributed by atoms with Gasteiger partial charge in [0.05, 0.1) is 0 Å². The first-order valence-corrected chi connectivity index (χ1v) is 8.36. The Labute approximate surface area is 135 Å². The van der Waals surface area contributed by atoms with Crippen molar-refractivity contribution in [2.45, 2.75) is 50.6 Å². The van der Waals surface area contributed by atoms with Crippen LogP contribution in [0.5, 0.6) is 0 Å². The van der Waals surface area contributed by atoms with Crippen molar-refractivity contribution < 1.29 is 4.79 Å². The molecule has 3 rings (SSSR count). The smallest absolute Gasteiger partial charge is 0.268 e. The maximum atomic E-state index is 12.5. The average Bonchev–Trinajstić information content (AvgIpc) is 2.90. The fourth-order valence-corrected chi connectivity index (χ4v) is 3.34. The zero-order chi connectivity index (χ0) is 15.5. The molecule has 0 aliphatic heterocycles. The van der Waals surface area contributed by atoms with Gasteiger partial charge in [0.25, 0.3) is 5.91 Å². The van der Waals surface area contributed by atoms with Gasteiger partial charge < -0.3 is 16.0 Å². The van der Waals surface area contributed by atoms with Crippen molar-refractivity contribution in [2.24, 2.45) is 5.73 Å². The lowest BCUT2D eigenvalue weighted by atomic mass is 9.93. The van der Waals surface area contributed by atoms with Crippen molar-refractivity contribution in [3.63, 3.8) is 0 Å². The highest BCUT2D eigenvalue weighted by molar-refractivity contribution is 6.31. The molecule has 4 N–H and O–H groups in total. The number of rotatable bonds is 2. The third kappa shape index (κ3) is 3.45. The Morgan fingerprint density at radius 1 is 1.18 bits per heavy atom.